The Balaban J connectivity index is 2.50. The number of rotatable bonds is 2. The molecule has 2 heterocycles. The van der Waals surface area contributed by atoms with Crippen LogP contribution in [-0.4, -0.2) is 16.7 Å². The average molecular weight is 187 g/mol. The molecule has 0 fully saturated rings. The molecule has 0 radical (unpaired) electrons. The zero-order valence-electron chi connectivity index (χ0n) is 7.77. The minimum absolute atomic E-state index is 0.430. The van der Waals surface area contributed by atoms with Crippen LogP contribution in [0.1, 0.15) is 11.3 Å². The van der Waals surface area contributed by atoms with Gasteiger partial charge in [-0.3, -0.25) is 0 Å². The van der Waals surface area contributed by atoms with Crippen LogP contribution in [0.15, 0.2) is 24.4 Å². The highest BCUT2D eigenvalue weighted by Gasteiger charge is 2.00. The molecule has 14 heavy (non-hydrogen) atoms. The van der Waals surface area contributed by atoms with E-state index in [0.29, 0.717) is 12.3 Å². The molecule has 0 saturated heterocycles. The van der Waals surface area contributed by atoms with E-state index in [1.807, 2.05) is 24.4 Å². The Hall–Kier alpha value is -1.86. The van der Waals surface area contributed by atoms with Crippen molar-refractivity contribution in [2.45, 2.75) is 6.61 Å². The number of methoxy groups -OCH3 is 1. The van der Waals surface area contributed by atoms with Crippen LogP contribution in [-0.2, 0) is 11.3 Å². The van der Waals surface area contributed by atoms with Crippen LogP contribution in [0.25, 0.3) is 5.52 Å². The number of nitrogens with zero attached hydrogens (tertiary/aromatic N) is 3. The summed E-state index contributed by atoms with van der Waals surface area (Å²) in [7, 11) is 1.65. The molecule has 0 aliphatic carbocycles. The first-order chi connectivity index (χ1) is 6.83. The largest absolute Gasteiger partial charge is 0.380 e. The van der Waals surface area contributed by atoms with Gasteiger partial charge in [0.05, 0.1) is 12.1 Å². The quantitative estimate of drug-likeness (QED) is 0.713. The van der Waals surface area contributed by atoms with Crippen LogP contribution in [0.5, 0.6) is 0 Å². The summed E-state index contributed by atoms with van der Waals surface area (Å²) >= 11 is 0. The van der Waals surface area contributed by atoms with Crippen molar-refractivity contribution < 1.29 is 4.74 Å². The first kappa shape index (κ1) is 8.73. The second-order valence-electron chi connectivity index (χ2n) is 2.98. The molecular formula is C10H9N3O. The van der Waals surface area contributed by atoms with E-state index in [1.54, 1.807) is 17.7 Å². The average Bonchev–Trinajstić information content (AvgIpc) is 2.60. The van der Waals surface area contributed by atoms with Crippen molar-refractivity contribution >= 4 is 5.52 Å². The smallest absolute Gasteiger partial charge is 0.163 e. The summed E-state index contributed by atoms with van der Waals surface area (Å²) in [5.41, 5.74) is 2.38. The summed E-state index contributed by atoms with van der Waals surface area (Å²) in [6.07, 6.45) is 1.86. The molecule has 2 aromatic heterocycles. The first-order valence-corrected chi connectivity index (χ1v) is 4.21. The fourth-order valence-corrected chi connectivity index (χ4v) is 1.34. The Kier molecular flexibility index (Phi) is 2.17. The third-order valence-electron chi connectivity index (χ3n) is 1.95. The van der Waals surface area contributed by atoms with Gasteiger partial charge >= 0.3 is 0 Å². The zero-order valence-corrected chi connectivity index (χ0v) is 7.77. The lowest BCUT2D eigenvalue weighted by atomic mass is 10.3. The third-order valence-corrected chi connectivity index (χ3v) is 1.95. The maximum atomic E-state index is 8.66. The molecule has 2 aromatic rings. The minimum atomic E-state index is 0.430. The molecule has 0 N–H and O–H groups in total. The van der Waals surface area contributed by atoms with Crippen molar-refractivity contribution in [3.05, 3.63) is 35.7 Å². The third kappa shape index (κ3) is 1.45. The molecular weight excluding hydrogens is 178 g/mol. The summed E-state index contributed by atoms with van der Waals surface area (Å²) in [5.74, 6) is 0. The van der Waals surface area contributed by atoms with E-state index < -0.39 is 0 Å². The molecule has 0 aliphatic rings. The fourth-order valence-electron chi connectivity index (χ4n) is 1.34. The molecule has 70 valence electrons. The van der Waals surface area contributed by atoms with Crippen LogP contribution in [0, 0.1) is 11.3 Å². The van der Waals surface area contributed by atoms with Crippen LogP contribution < -0.4 is 0 Å². The Morgan fingerprint density at radius 1 is 1.57 bits per heavy atom. The van der Waals surface area contributed by atoms with Crippen molar-refractivity contribution in [2.24, 2.45) is 0 Å². The number of pyridine rings is 1. The molecule has 0 atom stereocenters. The maximum Gasteiger partial charge on any atom is 0.163 e. The standard InChI is InChI=1S/C10H9N3O/c1-14-7-8-2-3-10-4-9(5-11)12-13(10)6-8/h2-4,6H,7H2,1H3. The first-order valence-electron chi connectivity index (χ1n) is 4.21. The van der Waals surface area contributed by atoms with Gasteiger partial charge < -0.3 is 4.74 Å². The molecule has 0 unspecified atom stereocenters. The Labute approximate surface area is 81.3 Å². The summed E-state index contributed by atoms with van der Waals surface area (Å²) in [4.78, 5) is 0. The van der Waals surface area contributed by atoms with Gasteiger partial charge in [0.25, 0.3) is 0 Å². The van der Waals surface area contributed by atoms with E-state index in [9.17, 15) is 0 Å². The van der Waals surface area contributed by atoms with Crippen LogP contribution in [0.2, 0.25) is 0 Å². The summed E-state index contributed by atoms with van der Waals surface area (Å²) in [6.45, 7) is 0.553. The van der Waals surface area contributed by atoms with Gasteiger partial charge in [-0.15, -0.1) is 0 Å². The molecule has 0 spiro atoms. The Morgan fingerprint density at radius 2 is 2.43 bits per heavy atom. The van der Waals surface area contributed by atoms with Crippen molar-refractivity contribution in [3.63, 3.8) is 0 Å². The van der Waals surface area contributed by atoms with Gasteiger partial charge in [-0.1, -0.05) is 6.07 Å². The number of hydrogen-bond acceptors (Lipinski definition) is 3. The van der Waals surface area contributed by atoms with E-state index >= 15 is 0 Å². The van der Waals surface area contributed by atoms with E-state index in [2.05, 4.69) is 5.10 Å². The highest BCUT2D eigenvalue weighted by molar-refractivity contribution is 5.50. The summed E-state index contributed by atoms with van der Waals surface area (Å²) < 4.78 is 6.69. The topological polar surface area (TPSA) is 50.3 Å². The van der Waals surface area contributed by atoms with Crippen LogP contribution >= 0.6 is 0 Å². The van der Waals surface area contributed by atoms with Gasteiger partial charge in [0.1, 0.15) is 6.07 Å². The van der Waals surface area contributed by atoms with Gasteiger partial charge in [-0.05, 0) is 11.6 Å². The lowest BCUT2D eigenvalue weighted by Gasteiger charge is -1.99. The van der Waals surface area contributed by atoms with Crippen LogP contribution in [0.4, 0.5) is 0 Å². The van der Waals surface area contributed by atoms with Crippen molar-refractivity contribution in [1.82, 2.24) is 9.61 Å². The lowest BCUT2D eigenvalue weighted by molar-refractivity contribution is 0.184. The molecule has 0 saturated carbocycles. The van der Waals surface area contributed by atoms with Crippen LogP contribution in [0.3, 0.4) is 0 Å². The number of nitriles is 1. The number of aromatic nitrogens is 2. The molecule has 0 bridgehead atoms. The van der Waals surface area contributed by atoms with Gasteiger partial charge in [-0.2, -0.15) is 10.4 Å². The second-order valence-corrected chi connectivity index (χ2v) is 2.98. The lowest BCUT2D eigenvalue weighted by Crippen LogP contribution is -1.93. The molecule has 4 heteroatoms. The highest BCUT2D eigenvalue weighted by atomic mass is 16.5. The van der Waals surface area contributed by atoms with Gasteiger partial charge in [0, 0.05) is 19.4 Å². The Morgan fingerprint density at radius 3 is 3.14 bits per heavy atom. The zero-order chi connectivity index (χ0) is 9.97. The summed E-state index contributed by atoms with van der Waals surface area (Å²) in [6, 6.07) is 7.63. The van der Waals surface area contributed by atoms with E-state index in [-0.39, 0.29) is 0 Å². The predicted molar refractivity (Wildman–Crippen MR) is 50.6 cm³/mol. The Bertz CT molecular complexity index is 496. The summed E-state index contributed by atoms with van der Waals surface area (Å²) in [5, 5.41) is 12.7. The van der Waals surface area contributed by atoms with E-state index in [1.165, 1.54) is 0 Å². The van der Waals surface area contributed by atoms with Crippen molar-refractivity contribution in [2.75, 3.05) is 7.11 Å². The SMILES string of the molecule is COCc1ccc2cc(C#N)nn2c1. The van der Waals surface area contributed by atoms with Gasteiger partial charge in [-0.25, -0.2) is 4.52 Å². The van der Waals surface area contributed by atoms with Gasteiger partial charge in [0.2, 0.25) is 0 Å². The predicted octanol–water partition coefficient (Wildman–Crippen LogP) is 1.35. The number of ether oxygens (including phenoxy) is 1. The molecule has 4 nitrogen and oxygen atoms in total. The molecule has 0 amide bonds. The molecule has 2 rings (SSSR count). The van der Waals surface area contributed by atoms with Crippen molar-refractivity contribution in [1.29, 1.82) is 5.26 Å². The maximum absolute atomic E-state index is 8.66. The molecule has 0 aromatic carbocycles. The van der Waals surface area contributed by atoms with Gasteiger partial charge in [0.15, 0.2) is 5.69 Å². The highest BCUT2D eigenvalue weighted by Crippen LogP contribution is 2.08. The van der Waals surface area contributed by atoms with Crippen molar-refractivity contribution in [3.8, 4) is 6.07 Å². The van der Waals surface area contributed by atoms with E-state index in [4.69, 9.17) is 10.00 Å². The number of hydrogen-bond donors (Lipinski definition) is 0. The second kappa shape index (κ2) is 3.48. The number of fused-ring (bicyclic) bond motifs is 1. The normalized spacial score (nSPS) is 10.3. The monoisotopic (exact) mass is 187 g/mol. The fraction of sp³-hybridized carbons (Fsp3) is 0.200. The van der Waals surface area contributed by atoms with E-state index in [0.717, 1.165) is 11.1 Å². The minimum Gasteiger partial charge on any atom is -0.380 e. The molecule has 0 aliphatic heterocycles.